The molecule has 3 N–H and O–H groups in total. The summed E-state index contributed by atoms with van der Waals surface area (Å²) in [5, 5.41) is 17.9. The number of nitrogens with zero attached hydrogens (tertiary/aromatic N) is 1. The van der Waals surface area contributed by atoms with Crippen LogP contribution in [-0.4, -0.2) is 44.4 Å². The lowest BCUT2D eigenvalue weighted by Crippen LogP contribution is -2.40. The van der Waals surface area contributed by atoms with Gasteiger partial charge in [-0.05, 0) is 29.9 Å². The van der Waals surface area contributed by atoms with Crippen molar-refractivity contribution in [2.24, 2.45) is 10.9 Å². The summed E-state index contributed by atoms with van der Waals surface area (Å²) in [7, 11) is 1.72. The molecule has 0 bridgehead atoms. The minimum Gasteiger partial charge on any atom is -0.386 e. The third kappa shape index (κ3) is 7.77. The lowest BCUT2D eigenvalue weighted by Gasteiger charge is -2.14. The van der Waals surface area contributed by atoms with Crippen LogP contribution in [0.3, 0.4) is 0 Å². The van der Waals surface area contributed by atoms with Gasteiger partial charge in [0.25, 0.3) is 0 Å². The maximum atomic E-state index is 10.4. The van der Waals surface area contributed by atoms with Crippen molar-refractivity contribution in [3.05, 3.63) is 35.2 Å². The summed E-state index contributed by atoms with van der Waals surface area (Å²) in [6.07, 6.45) is 0.521. The Hall–Kier alpha value is -0.900. The molecule has 0 fully saturated rings. The van der Waals surface area contributed by atoms with Gasteiger partial charge in [0.2, 0.25) is 0 Å². The minimum atomic E-state index is -0.557. The normalized spacial score (nSPS) is 12.9. The van der Waals surface area contributed by atoms with E-state index < -0.39 is 6.10 Å². The summed E-state index contributed by atoms with van der Waals surface area (Å²) in [5.74, 6) is 1.34. The van der Waals surface area contributed by atoms with Gasteiger partial charge in [-0.15, -0.1) is 35.3 Å². The average molecular weight is 491 g/mol. The minimum absolute atomic E-state index is 0. The highest BCUT2D eigenvalue weighted by Crippen LogP contribution is 2.29. The number of benzene rings is 1. The first-order valence-corrected chi connectivity index (χ1v) is 9.60. The number of aliphatic imine (C=N–C) groups is 1. The van der Waals surface area contributed by atoms with Gasteiger partial charge in [0, 0.05) is 36.3 Å². The highest BCUT2D eigenvalue weighted by atomic mass is 127. The number of aliphatic hydroxyl groups excluding tert-OH is 1. The van der Waals surface area contributed by atoms with E-state index in [2.05, 4.69) is 41.6 Å². The molecule has 0 saturated carbocycles. The molecule has 2 aromatic rings. The largest absolute Gasteiger partial charge is 0.386 e. The average Bonchev–Trinajstić information content (AvgIpc) is 3.04. The third-order valence-corrected chi connectivity index (χ3v) is 5.06. The van der Waals surface area contributed by atoms with E-state index in [1.54, 1.807) is 18.4 Å². The second-order valence-electron chi connectivity index (χ2n) is 6.38. The van der Waals surface area contributed by atoms with Crippen LogP contribution in [0.25, 0.3) is 10.1 Å². The number of halogens is 1. The predicted molar refractivity (Wildman–Crippen MR) is 122 cm³/mol. The van der Waals surface area contributed by atoms with E-state index in [1.807, 2.05) is 18.2 Å². The molecule has 1 atom stereocenters. The van der Waals surface area contributed by atoms with Crippen molar-refractivity contribution in [2.45, 2.75) is 26.4 Å². The van der Waals surface area contributed by atoms with Crippen molar-refractivity contribution >= 4 is 51.4 Å². The van der Waals surface area contributed by atoms with E-state index in [4.69, 9.17) is 4.74 Å². The van der Waals surface area contributed by atoms with Crippen LogP contribution in [0.5, 0.6) is 0 Å². The van der Waals surface area contributed by atoms with Crippen molar-refractivity contribution in [3.8, 4) is 0 Å². The van der Waals surface area contributed by atoms with Gasteiger partial charge >= 0.3 is 0 Å². The van der Waals surface area contributed by atoms with Crippen LogP contribution >= 0.6 is 35.3 Å². The van der Waals surface area contributed by atoms with Gasteiger partial charge in [-0.25, -0.2) is 0 Å². The Morgan fingerprint density at radius 1 is 1.23 bits per heavy atom. The fourth-order valence-corrected chi connectivity index (χ4v) is 3.39. The summed E-state index contributed by atoms with van der Waals surface area (Å²) in [6, 6.07) is 10.2. The molecule has 26 heavy (non-hydrogen) atoms. The number of nitrogens with one attached hydrogen (secondary N) is 2. The topological polar surface area (TPSA) is 65.9 Å². The van der Waals surface area contributed by atoms with Crippen molar-refractivity contribution < 1.29 is 9.84 Å². The molecule has 0 aliphatic carbocycles. The first-order valence-electron chi connectivity index (χ1n) is 8.79. The molecule has 0 amide bonds. The second kappa shape index (κ2) is 12.5. The molecule has 1 aromatic carbocycles. The molecule has 0 saturated heterocycles. The molecule has 1 heterocycles. The molecule has 5 nitrogen and oxygen atoms in total. The van der Waals surface area contributed by atoms with E-state index >= 15 is 0 Å². The first kappa shape index (κ1) is 23.1. The van der Waals surface area contributed by atoms with Gasteiger partial charge < -0.3 is 20.5 Å². The lowest BCUT2D eigenvalue weighted by atomic mass is 10.1. The summed E-state index contributed by atoms with van der Waals surface area (Å²) in [5.41, 5.74) is 0. The quantitative estimate of drug-likeness (QED) is 0.216. The Bertz CT molecular complexity index is 643. The van der Waals surface area contributed by atoms with Crippen LogP contribution in [-0.2, 0) is 4.74 Å². The van der Waals surface area contributed by atoms with Crippen molar-refractivity contribution in [1.82, 2.24) is 10.6 Å². The number of hydrogen-bond acceptors (Lipinski definition) is 4. The molecule has 1 aromatic heterocycles. The van der Waals surface area contributed by atoms with Gasteiger partial charge in [-0.3, -0.25) is 4.99 Å². The predicted octanol–water partition coefficient (Wildman–Crippen LogP) is 3.78. The molecule has 7 heteroatoms. The van der Waals surface area contributed by atoms with E-state index in [0.717, 1.165) is 17.9 Å². The number of fused-ring (bicyclic) bond motifs is 1. The molecular formula is C19H30IN3O2S. The smallest absolute Gasteiger partial charge is 0.191 e. The van der Waals surface area contributed by atoms with Crippen LogP contribution < -0.4 is 10.6 Å². The molecule has 0 radical (unpaired) electrons. The van der Waals surface area contributed by atoms with Crippen molar-refractivity contribution in [3.63, 3.8) is 0 Å². The summed E-state index contributed by atoms with van der Waals surface area (Å²) >= 11 is 1.62. The lowest BCUT2D eigenvalue weighted by molar-refractivity contribution is 0.128. The fourth-order valence-electron chi connectivity index (χ4n) is 2.34. The molecule has 2 rings (SSSR count). The highest BCUT2D eigenvalue weighted by molar-refractivity contribution is 14.0. The monoisotopic (exact) mass is 491 g/mol. The Balaban J connectivity index is 0.00000338. The Morgan fingerprint density at radius 3 is 2.69 bits per heavy atom. The maximum absolute atomic E-state index is 10.4. The van der Waals surface area contributed by atoms with Crippen LogP contribution in [0.15, 0.2) is 35.3 Å². The number of thiophene rings is 1. The zero-order valence-electron chi connectivity index (χ0n) is 15.7. The molecular weight excluding hydrogens is 461 g/mol. The number of hydrogen-bond donors (Lipinski definition) is 3. The third-order valence-electron chi connectivity index (χ3n) is 3.84. The van der Waals surface area contributed by atoms with Gasteiger partial charge in [0.1, 0.15) is 6.10 Å². The Labute approximate surface area is 177 Å². The summed E-state index contributed by atoms with van der Waals surface area (Å²) < 4.78 is 6.77. The van der Waals surface area contributed by atoms with Crippen LogP contribution in [0.1, 0.15) is 31.2 Å². The number of aliphatic hydroxyl groups is 1. The molecule has 1 unspecified atom stereocenters. The van der Waals surface area contributed by atoms with Crippen LogP contribution in [0.2, 0.25) is 0 Å². The molecule has 0 spiro atoms. The standard InChI is InChI=1S/C19H29N3O2S.HI/c1-14(2)8-10-24-11-9-21-19(20-3)22-13-16(23)18-12-15-6-4-5-7-17(15)25-18;/h4-7,12,14,16,23H,8-11,13H2,1-3H3,(H2,20,21,22);1H. The summed E-state index contributed by atoms with van der Waals surface area (Å²) in [6.45, 7) is 6.92. The van der Waals surface area contributed by atoms with Gasteiger partial charge in [0.05, 0.1) is 6.61 Å². The number of ether oxygens (including phenoxy) is 1. The zero-order valence-corrected chi connectivity index (χ0v) is 18.8. The van der Waals surface area contributed by atoms with Crippen LogP contribution in [0.4, 0.5) is 0 Å². The number of guanidine groups is 1. The first-order chi connectivity index (χ1) is 12.1. The molecule has 0 aliphatic rings. The Morgan fingerprint density at radius 2 is 2.00 bits per heavy atom. The van der Waals surface area contributed by atoms with Gasteiger partial charge in [0.15, 0.2) is 5.96 Å². The SMILES string of the molecule is CN=C(NCCOCCC(C)C)NCC(O)c1cc2ccccc2s1.I. The zero-order chi connectivity index (χ0) is 18.1. The van der Waals surface area contributed by atoms with E-state index in [-0.39, 0.29) is 24.0 Å². The van der Waals surface area contributed by atoms with Gasteiger partial charge in [-0.1, -0.05) is 32.0 Å². The molecule has 146 valence electrons. The van der Waals surface area contributed by atoms with Crippen LogP contribution in [0, 0.1) is 5.92 Å². The number of rotatable bonds is 9. The van der Waals surface area contributed by atoms with Crippen molar-refractivity contribution in [1.29, 1.82) is 0 Å². The maximum Gasteiger partial charge on any atom is 0.191 e. The fraction of sp³-hybridized carbons (Fsp3) is 0.526. The summed E-state index contributed by atoms with van der Waals surface area (Å²) in [4.78, 5) is 5.13. The van der Waals surface area contributed by atoms with E-state index in [1.165, 1.54) is 10.1 Å². The highest BCUT2D eigenvalue weighted by Gasteiger charge is 2.12. The second-order valence-corrected chi connectivity index (χ2v) is 7.49. The molecule has 0 aliphatic heterocycles. The Kier molecular flexibility index (Phi) is 11.1. The van der Waals surface area contributed by atoms with Gasteiger partial charge in [-0.2, -0.15) is 0 Å². The van der Waals surface area contributed by atoms with Crippen molar-refractivity contribution in [2.75, 3.05) is 33.4 Å². The van der Waals surface area contributed by atoms with E-state index in [0.29, 0.717) is 31.6 Å². The van der Waals surface area contributed by atoms with E-state index in [9.17, 15) is 5.11 Å².